The molecule has 0 spiro atoms. The molecule has 1 atom stereocenters. The molecule has 5 heteroatoms. The predicted molar refractivity (Wildman–Crippen MR) is 85.7 cm³/mol. The van der Waals surface area contributed by atoms with E-state index in [-0.39, 0.29) is 11.6 Å². The number of nitrogens with zero attached hydrogens (tertiary/aromatic N) is 3. The van der Waals surface area contributed by atoms with Crippen molar-refractivity contribution in [2.75, 3.05) is 27.2 Å². The van der Waals surface area contributed by atoms with E-state index >= 15 is 0 Å². The lowest BCUT2D eigenvalue weighted by Crippen LogP contribution is -2.55. The van der Waals surface area contributed by atoms with Gasteiger partial charge in [-0.1, -0.05) is 13.8 Å². The number of hydrogen-bond acceptors (Lipinski definition) is 4. The fourth-order valence-electron chi connectivity index (χ4n) is 4.02. The highest BCUT2D eigenvalue weighted by molar-refractivity contribution is 5.31. The van der Waals surface area contributed by atoms with Gasteiger partial charge >= 0.3 is 0 Å². The molecular formula is C16H30N4O. The van der Waals surface area contributed by atoms with Crippen LogP contribution < -0.4 is 10.1 Å². The Kier molecular flexibility index (Phi) is 5.27. The molecule has 21 heavy (non-hydrogen) atoms. The summed E-state index contributed by atoms with van der Waals surface area (Å²) >= 11 is 0. The molecule has 1 aliphatic heterocycles. The first kappa shape index (κ1) is 16.3. The maximum absolute atomic E-state index is 5.55. The van der Waals surface area contributed by atoms with Crippen molar-refractivity contribution < 1.29 is 4.74 Å². The third-order valence-corrected chi connectivity index (χ3v) is 5.23. The Bertz CT molecular complexity index is 447. The van der Waals surface area contributed by atoms with Crippen LogP contribution in [-0.2, 0) is 7.05 Å². The molecule has 0 aromatic carbocycles. The van der Waals surface area contributed by atoms with Crippen molar-refractivity contribution in [2.24, 2.45) is 7.05 Å². The van der Waals surface area contributed by atoms with Gasteiger partial charge in [0.2, 0.25) is 0 Å². The lowest BCUT2D eigenvalue weighted by atomic mass is 9.80. The van der Waals surface area contributed by atoms with Crippen LogP contribution in [0.3, 0.4) is 0 Å². The third-order valence-electron chi connectivity index (χ3n) is 5.23. The molecule has 1 aromatic heterocycles. The summed E-state index contributed by atoms with van der Waals surface area (Å²) in [6.07, 6.45) is 6.66. The van der Waals surface area contributed by atoms with Crippen molar-refractivity contribution >= 4 is 0 Å². The minimum absolute atomic E-state index is 0.117. The molecular weight excluding hydrogens is 264 g/mol. The molecule has 0 amide bonds. The standard InChI is InChI=1S/C16H30N4O/c1-6-16(7-2,20-10-8-9-11-20)15(17-3)14-13(21-5)12-18-19(14)4/h12,15,17H,6-11H2,1-5H3. The summed E-state index contributed by atoms with van der Waals surface area (Å²) in [5.74, 6) is 0.877. The first-order chi connectivity index (χ1) is 10.1. The van der Waals surface area contributed by atoms with Crippen LogP contribution in [0.1, 0.15) is 51.3 Å². The molecule has 2 rings (SSSR count). The Labute approximate surface area is 128 Å². The highest BCUT2D eigenvalue weighted by Gasteiger charge is 2.44. The van der Waals surface area contributed by atoms with Gasteiger partial charge in [0.1, 0.15) is 0 Å². The summed E-state index contributed by atoms with van der Waals surface area (Å²) in [7, 11) is 5.78. The zero-order valence-corrected chi connectivity index (χ0v) is 14.1. The number of aryl methyl sites for hydroxylation is 1. The fraction of sp³-hybridized carbons (Fsp3) is 0.812. The van der Waals surface area contributed by atoms with Crippen molar-refractivity contribution in [1.29, 1.82) is 0 Å². The van der Waals surface area contributed by atoms with E-state index in [1.165, 1.54) is 25.9 Å². The van der Waals surface area contributed by atoms with Crippen molar-refractivity contribution in [2.45, 2.75) is 51.1 Å². The van der Waals surface area contributed by atoms with E-state index in [4.69, 9.17) is 4.74 Å². The Hall–Kier alpha value is -1.07. The zero-order valence-electron chi connectivity index (χ0n) is 14.1. The summed E-state index contributed by atoms with van der Waals surface area (Å²) in [5, 5.41) is 7.96. The molecule has 2 heterocycles. The molecule has 1 fully saturated rings. The normalized spacial score (nSPS) is 18.1. The van der Waals surface area contributed by atoms with E-state index in [0.29, 0.717) is 0 Å². The van der Waals surface area contributed by atoms with Crippen LogP contribution in [0, 0.1) is 0 Å². The molecule has 0 radical (unpaired) electrons. The third kappa shape index (κ3) is 2.69. The average molecular weight is 294 g/mol. The molecule has 1 saturated heterocycles. The van der Waals surface area contributed by atoms with E-state index in [1.54, 1.807) is 7.11 Å². The van der Waals surface area contributed by atoms with Crippen LogP contribution in [0.5, 0.6) is 5.75 Å². The van der Waals surface area contributed by atoms with Gasteiger partial charge in [-0.25, -0.2) is 0 Å². The smallest absolute Gasteiger partial charge is 0.161 e. The second-order valence-corrected chi connectivity index (χ2v) is 5.95. The van der Waals surface area contributed by atoms with Gasteiger partial charge in [0.05, 0.1) is 25.0 Å². The summed E-state index contributed by atoms with van der Waals surface area (Å²) < 4.78 is 7.51. The number of nitrogens with one attached hydrogen (secondary N) is 1. The van der Waals surface area contributed by atoms with Gasteiger partial charge in [-0.15, -0.1) is 0 Å². The Morgan fingerprint density at radius 2 is 1.95 bits per heavy atom. The van der Waals surface area contributed by atoms with Crippen LogP contribution in [0.2, 0.25) is 0 Å². The maximum atomic E-state index is 5.55. The van der Waals surface area contributed by atoms with E-state index in [0.717, 1.165) is 24.3 Å². The molecule has 120 valence electrons. The number of ether oxygens (including phenoxy) is 1. The van der Waals surface area contributed by atoms with Gasteiger partial charge in [0, 0.05) is 12.6 Å². The van der Waals surface area contributed by atoms with Gasteiger partial charge in [-0.3, -0.25) is 9.58 Å². The SMILES string of the molecule is CCC(CC)(C(NC)c1c(OC)cnn1C)N1CCCC1. The topological polar surface area (TPSA) is 42.3 Å². The largest absolute Gasteiger partial charge is 0.493 e. The van der Waals surface area contributed by atoms with E-state index in [9.17, 15) is 0 Å². The monoisotopic (exact) mass is 294 g/mol. The number of rotatable bonds is 7. The zero-order chi connectivity index (χ0) is 15.5. The molecule has 0 aliphatic carbocycles. The lowest BCUT2D eigenvalue weighted by Gasteiger charge is -2.46. The van der Waals surface area contributed by atoms with Gasteiger partial charge < -0.3 is 10.1 Å². The molecule has 5 nitrogen and oxygen atoms in total. The molecule has 1 unspecified atom stereocenters. The summed E-state index contributed by atoms with van der Waals surface area (Å²) in [6, 6.07) is 0.216. The van der Waals surface area contributed by atoms with Crippen LogP contribution >= 0.6 is 0 Å². The lowest BCUT2D eigenvalue weighted by molar-refractivity contribution is 0.0606. The van der Waals surface area contributed by atoms with Gasteiger partial charge in [0.25, 0.3) is 0 Å². The Balaban J connectivity index is 2.46. The number of methoxy groups -OCH3 is 1. The number of hydrogen-bond donors (Lipinski definition) is 1. The maximum Gasteiger partial charge on any atom is 0.161 e. The highest BCUT2D eigenvalue weighted by atomic mass is 16.5. The van der Waals surface area contributed by atoms with Crippen molar-refractivity contribution in [3.8, 4) is 5.75 Å². The quantitative estimate of drug-likeness (QED) is 0.838. The minimum Gasteiger partial charge on any atom is -0.493 e. The van der Waals surface area contributed by atoms with E-state index < -0.39 is 0 Å². The van der Waals surface area contributed by atoms with Crippen molar-refractivity contribution in [3.05, 3.63) is 11.9 Å². The molecule has 1 N–H and O–H groups in total. The predicted octanol–water partition coefficient (Wildman–Crippen LogP) is 2.34. The van der Waals surface area contributed by atoms with Gasteiger partial charge in [0.15, 0.2) is 5.75 Å². The van der Waals surface area contributed by atoms with E-state index in [1.807, 2.05) is 25.0 Å². The molecule has 0 saturated carbocycles. The first-order valence-electron chi connectivity index (χ1n) is 8.12. The highest BCUT2D eigenvalue weighted by Crippen LogP contribution is 2.41. The number of likely N-dealkylation sites (N-methyl/N-ethyl adjacent to an activating group) is 1. The summed E-state index contributed by atoms with van der Waals surface area (Å²) in [6.45, 7) is 6.99. The van der Waals surface area contributed by atoms with E-state index in [2.05, 4.69) is 29.2 Å². The first-order valence-corrected chi connectivity index (χ1v) is 8.12. The average Bonchev–Trinajstić information content (AvgIpc) is 3.15. The summed E-state index contributed by atoms with van der Waals surface area (Å²) in [5.41, 5.74) is 1.27. The van der Waals surface area contributed by atoms with Crippen molar-refractivity contribution in [3.63, 3.8) is 0 Å². The second-order valence-electron chi connectivity index (χ2n) is 5.95. The van der Waals surface area contributed by atoms with Crippen LogP contribution in [-0.4, -0.2) is 47.5 Å². The van der Waals surface area contributed by atoms with Crippen LogP contribution in [0.25, 0.3) is 0 Å². The Morgan fingerprint density at radius 1 is 1.33 bits per heavy atom. The van der Waals surface area contributed by atoms with Crippen molar-refractivity contribution in [1.82, 2.24) is 20.0 Å². The fourth-order valence-corrected chi connectivity index (χ4v) is 4.02. The van der Waals surface area contributed by atoms with Gasteiger partial charge in [-0.05, 0) is 45.8 Å². The molecule has 1 aliphatic rings. The number of aromatic nitrogens is 2. The van der Waals surface area contributed by atoms with Gasteiger partial charge in [-0.2, -0.15) is 5.10 Å². The molecule has 1 aromatic rings. The number of likely N-dealkylation sites (tertiary alicyclic amines) is 1. The minimum atomic E-state index is 0.117. The summed E-state index contributed by atoms with van der Waals surface area (Å²) in [4.78, 5) is 2.67. The molecule has 0 bridgehead atoms. The Morgan fingerprint density at radius 3 is 2.43 bits per heavy atom. The second kappa shape index (κ2) is 6.79. The van der Waals surface area contributed by atoms with Crippen LogP contribution in [0.15, 0.2) is 6.20 Å². The van der Waals surface area contributed by atoms with Crippen LogP contribution in [0.4, 0.5) is 0 Å².